The normalized spacial score (nSPS) is 10.8. The number of alkyl carbamates (subject to hydrolysis) is 1. The van der Waals surface area contributed by atoms with Crippen LogP contribution in [0.3, 0.4) is 0 Å². The van der Waals surface area contributed by atoms with E-state index in [1.54, 1.807) is 0 Å². The standard InChI is InChI=1S/C22H37NO6/c1-2-3-4-8-12-25-14-16-27-18-19-28-17-15-26-13-11-23-22(24)29-20-21-9-6-5-7-10-21/h5-7,9-10H,2-4,8,11-20H2,1H3,(H,23,24). The summed E-state index contributed by atoms with van der Waals surface area (Å²) >= 11 is 0. The number of ether oxygens (including phenoxy) is 5. The molecule has 29 heavy (non-hydrogen) atoms. The summed E-state index contributed by atoms with van der Waals surface area (Å²) in [6.45, 7) is 7.37. The van der Waals surface area contributed by atoms with Gasteiger partial charge in [-0.05, 0) is 12.0 Å². The molecule has 0 heterocycles. The van der Waals surface area contributed by atoms with Crippen molar-refractivity contribution in [3.05, 3.63) is 35.9 Å². The van der Waals surface area contributed by atoms with Gasteiger partial charge < -0.3 is 29.0 Å². The first-order valence-corrected chi connectivity index (χ1v) is 10.6. The molecule has 0 spiro atoms. The number of carbonyl (C=O) groups is 1. The van der Waals surface area contributed by atoms with Crippen molar-refractivity contribution < 1.29 is 28.5 Å². The molecule has 0 atom stereocenters. The van der Waals surface area contributed by atoms with Gasteiger partial charge in [0.15, 0.2) is 0 Å². The van der Waals surface area contributed by atoms with E-state index >= 15 is 0 Å². The molecule has 7 nitrogen and oxygen atoms in total. The van der Waals surface area contributed by atoms with Crippen LogP contribution in [0.15, 0.2) is 30.3 Å². The molecule has 0 saturated heterocycles. The predicted octanol–water partition coefficient (Wildman–Crippen LogP) is 3.56. The van der Waals surface area contributed by atoms with Gasteiger partial charge >= 0.3 is 6.09 Å². The Balaban J connectivity index is 1.74. The van der Waals surface area contributed by atoms with Crippen LogP contribution in [0.1, 0.15) is 38.2 Å². The van der Waals surface area contributed by atoms with Crippen LogP contribution < -0.4 is 5.32 Å². The maximum atomic E-state index is 11.5. The second-order valence-corrected chi connectivity index (χ2v) is 6.50. The molecular formula is C22H37NO6. The third-order valence-corrected chi connectivity index (χ3v) is 3.99. The molecule has 0 aliphatic rings. The fourth-order valence-corrected chi connectivity index (χ4v) is 2.39. The summed E-state index contributed by atoms with van der Waals surface area (Å²) in [5.41, 5.74) is 0.954. The molecule has 7 heteroatoms. The van der Waals surface area contributed by atoms with Crippen molar-refractivity contribution in [3.63, 3.8) is 0 Å². The van der Waals surface area contributed by atoms with E-state index in [9.17, 15) is 4.79 Å². The zero-order chi connectivity index (χ0) is 20.8. The Kier molecular flexibility index (Phi) is 17.2. The quantitative estimate of drug-likeness (QED) is 0.351. The number of hydrogen-bond donors (Lipinski definition) is 1. The fourth-order valence-electron chi connectivity index (χ4n) is 2.39. The van der Waals surface area contributed by atoms with Crippen molar-refractivity contribution >= 4 is 6.09 Å². The van der Waals surface area contributed by atoms with Gasteiger partial charge in [0, 0.05) is 13.2 Å². The molecule has 0 aromatic heterocycles. The lowest BCUT2D eigenvalue weighted by Crippen LogP contribution is -2.28. The molecule has 0 unspecified atom stereocenters. The van der Waals surface area contributed by atoms with E-state index in [-0.39, 0.29) is 6.61 Å². The maximum absolute atomic E-state index is 11.5. The van der Waals surface area contributed by atoms with Crippen LogP contribution in [0, 0.1) is 0 Å². The van der Waals surface area contributed by atoms with Gasteiger partial charge in [-0.15, -0.1) is 0 Å². The van der Waals surface area contributed by atoms with Crippen LogP contribution in [0.5, 0.6) is 0 Å². The average molecular weight is 412 g/mol. The van der Waals surface area contributed by atoms with E-state index in [2.05, 4.69) is 12.2 Å². The maximum Gasteiger partial charge on any atom is 0.407 e. The summed E-state index contributed by atoms with van der Waals surface area (Å²) in [5, 5.41) is 2.64. The van der Waals surface area contributed by atoms with Gasteiger partial charge in [0.1, 0.15) is 6.61 Å². The van der Waals surface area contributed by atoms with Gasteiger partial charge in [-0.2, -0.15) is 0 Å². The molecule has 0 aliphatic heterocycles. The minimum absolute atomic E-state index is 0.258. The fraction of sp³-hybridized carbons (Fsp3) is 0.682. The molecule has 1 amide bonds. The van der Waals surface area contributed by atoms with Gasteiger partial charge in [-0.3, -0.25) is 0 Å². The summed E-state index contributed by atoms with van der Waals surface area (Å²) < 4.78 is 26.8. The molecular weight excluding hydrogens is 374 g/mol. The third-order valence-electron chi connectivity index (χ3n) is 3.99. The highest BCUT2D eigenvalue weighted by Crippen LogP contribution is 2.00. The first kappa shape index (κ1) is 25.4. The van der Waals surface area contributed by atoms with Crippen LogP contribution in [-0.4, -0.2) is 65.5 Å². The Morgan fingerprint density at radius 1 is 0.759 bits per heavy atom. The van der Waals surface area contributed by atoms with Crippen molar-refractivity contribution in [3.8, 4) is 0 Å². The van der Waals surface area contributed by atoms with E-state index in [0.717, 1.165) is 18.6 Å². The third kappa shape index (κ3) is 16.9. The summed E-state index contributed by atoms with van der Waals surface area (Å²) in [5.74, 6) is 0. The lowest BCUT2D eigenvalue weighted by Gasteiger charge is -2.09. The van der Waals surface area contributed by atoms with Crippen LogP contribution in [0.25, 0.3) is 0 Å². The molecule has 1 N–H and O–H groups in total. The topological polar surface area (TPSA) is 75.3 Å². The molecule has 0 radical (unpaired) electrons. The number of benzene rings is 1. The smallest absolute Gasteiger partial charge is 0.407 e. The molecule has 1 aromatic carbocycles. The minimum atomic E-state index is -0.448. The SMILES string of the molecule is CCCCCCOCCOCCOCCOCCNC(=O)OCc1ccccc1. The van der Waals surface area contributed by atoms with Crippen LogP contribution >= 0.6 is 0 Å². The number of carbonyl (C=O) groups excluding carboxylic acids is 1. The lowest BCUT2D eigenvalue weighted by molar-refractivity contribution is -0.00181. The Morgan fingerprint density at radius 2 is 1.34 bits per heavy atom. The van der Waals surface area contributed by atoms with Gasteiger partial charge in [-0.25, -0.2) is 4.79 Å². The van der Waals surface area contributed by atoms with E-state index in [1.807, 2.05) is 30.3 Å². The second-order valence-electron chi connectivity index (χ2n) is 6.50. The van der Waals surface area contributed by atoms with E-state index in [0.29, 0.717) is 52.8 Å². The van der Waals surface area contributed by atoms with Crippen molar-refractivity contribution in [2.24, 2.45) is 0 Å². The number of nitrogens with one attached hydrogen (secondary N) is 1. The first-order valence-electron chi connectivity index (χ1n) is 10.6. The van der Waals surface area contributed by atoms with Gasteiger partial charge in [-0.1, -0.05) is 56.5 Å². The molecule has 1 rings (SSSR count). The zero-order valence-electron chi connectivity index (χ0n) is 17.7. The van der Waals surface area contributed by atoms with Crippen molar-refractivity contribution in [1.29, 1.82) is 0 Å². The minimum Gasteiger partial charge on any atom is -0.445 e. The van der Waals surface area contributed by atoms with E-state index in [4.69, 9.17) is 23.7 Å². The molecule has 0 fully saturated rings. The van der Waals surface area contributed by atoms with Crippen molar-refractivity contribution in [2.75, 3.05) is 59.4 Å². The average Bonchev–Trinajstić information content (AvgIpc) is 2.75. The monoisotopic (exact) mass is 411 g/mol. The highest BCUT2D eigenvalue weighted by Gasteiger charge is 2.01. The van der Waals surface area contributed by atoms with E-state index in [1.165, 1.54) is 19.3 Å². The predicted molar refractivity (Wildman–Crippen MR) is 112 cm³/mol. The first-order chi connectivity index (χ1) is 14.3. The van der Waals surface area contributed by atoms with Gasteiger partial charge in [0.25, 0.3) is 0 Å². The summed E-state index contributed by atoms with van der Waals surface area (Å²) in [7, 11) is 0. The van der Waals surface area contributed by atoms with Crippen LogP contribution in [0.2, 0.25) is 0 Å². The van der Waals surface area contributed by atoms with E-state index < -0.39 is 6.09 Å². The number of rotatable bonds is 19. The summed E-state index contributed by atoms with van der Waals surface area (Å²) in [6, 6.07) is 9.55. The van der Waals surface area contributed by atoms with Gasteiger partial charge in [0.05, 0.1) is 46.2 Å². The molecule has 0 saturated carbocycles. The van der Waals surface area contributed by atoms with Gasteiger partial charge in [0.2, 0.25) is 0 Å². The number of unbranched alkanes of at least 4 members (excludes halogenated alkanes) is 3. The molecule has 0 bridgehead atoms. The van der Waals surface area contributed by atoms with Crippen molar-refractivity contribution in [1.82, 2.24) is 5.32 Å². The van der Waals surface area contributed by atoms with Crippen molar-refractivity contribution in [2.45, 2.75) is 39.2 Å². The summed E-state index contributed by atoms with van der Waals surface area (Å²) in [6.07, 6.45) is 4.44. The Morgan fingerprint density at radius 3 is 1.97 bits per heavy atom. The highest BCUT2D eigenvalue weighted by molar-refractivity contribution is 5.67. The van der Waals surface area contributed by atoms with Crippen LogP contribution in [-0.2, 0) is 30.3 Å². The molecule has 0 aliphatic carbocycles. The zero-order valence-corrected chi connectivity index (χ0v) is 17.7. The summed E-state index contributed by atoms with van der Waals surface area (Å²) in [4.78, 5) is 11.5. The van der Waals surface area contributed by atoms with Crippen LogP contribution in [0.4, 0.5) is 4.79 Å². The highest BCUT2D eigenvalue weighted by atomic mass is 16.6. The number of hydrogen-bond acceptors (Lipinski definition) is 6. The Labute approximate surface area is 175 Å². The number of amides is 1. The second kappa shape index (κ2) is 19.6. The molecule has 166 valence electrons. The largest absolute Gasteiger partial charge is 0.445 e. The Hall–Kier alpha value is -1.67. The lowest BCUT2D eigenvalue weighted by atomic mass is 10.2. The Bertz CT molecular complexity index is 485. The molecule has 1 aromatic rings.